The lowest BCUT2D eigenvalue weighted by atomic mass is 10.2. The van der Waals surface area contributed by atoms with Crippen LogP contribution < -0.4 is 0 Å². The number of esters is 2. The standard InChI is InChI=1S/C14H22O5/c1-10(2)5-7-18-13(16)9-12(15)14(17)19-8-6-11(3)4/h5-6,12,15H,7-9H2,1-4H3. The first-order chi connectivity index (χ1) is 8.82. The van der Waals surface area contributed by atoms with Crippen molar-refractivity contribution in [2.45, 2.75) is 40.2 Å². The van der Waals surface area contributed by atoms with E-state index in [1.54, 1.807) is 12.2 Å². The molecule has 19 heavy (non-hydrogen) atoms. The smallest absolute Gasteiger partial charge is 0.335 e. The molecule has 0 radical (unpaired) electrons. The number of allylic oxidation sites excluding steroid dienone is 2. The van der Waals surface area contributed by atoms with Crippen LogP contribution in [0, 0.1) is 0 Å². The second kappa shape index (κ2) is 9.33. The van der Waals surface area contributed by atoms with Gasteiger partial charge in [0.05, 0.1) is 6.42 Å². The maximum atomic E-state index is 11.3. The minimum atomic E-state index is -1.48. The summed E-state index contributed by atoms with van der Waals surface area (Å²) in [6.07, 6.45) is 1.56. The van der Waals surface area contributed by atoms with Gasteiger partial charge >= 0.3 is 11.9 Å². The Hall–Kier alpha value is -1.62. The Morgan fingerprint density at radius 2 is 1.47 bits per heavy atom. The predicted octanol–water partition coefficient (Wildman–Crippen LogP) is 1.76. The number of ether oxygens (including phenoxy) is 2. The van der Waals surface area contributed by atoms with Crippen molar-refractivity contribution in [1.82, 2.24) is 0 Å². The monoisotopic (exact) mass is 270 g/mol. The predicted molar refractivity (Wildman–Crippen MR) is 71.4 cm³/mol. The fourth-order valence-electron chi connectivity index (χ4n) is 0.988. The molecule has 0 aromatic carbocycles. The summed E-state index contributed by atoms with van der Waals surface area (Å²) in [6, 6.07) is 0. The fraction of sp³-hybridized carbons (Fsp3) is 0.571. The highest BCUT2D eigenvalue weighted by Gasteiger charge is 2.20. The first kappa shape index (κ1) is 17.4. The summed E-state index contributed by atoms with van der Waals surface area (Å²) in [7, 11) is 0. The second-order valence-corrected chi connectivity index (χ2v) is 4.60. The third-order valence-corrected chi connectivity index (χ3v) is 2.09. The highest BCUT2D eigenvalue weighted by molar-refractivity contribution is 5.81. The summed E-state index contributed by atoms with van der Waals surface area (Å²) in [5.41, 5.74) is 2.03. The lowest BCUT2D eigenvalue weighted by Crippen LogP contribution is -2.27. The van der Waals surface area contributed by atoms with Gasteiger partial charge in [-0.15, -0.1) is 0 Å². The molecule has 0 bridgehead atoms. The van der Waals surface area contributed by atoms with Gasteiger partial charge in [-0.2, -0.15) is 0 Å². The summed E-state index contributed by atoms with van der Waals surface area (Å²) in [5.74, 6) is -1.46. The molecule has 0 aromatic heterocycles. The van der Waals surface area contributed by atoms with E-state index in [2.05, 4.69) is 0 Å². The van der Waals surface area contributed by atoms with Crippen molar-refractivity contribution in [2.75, 3.05) is 13.2 Å². The molecule has 0 aliphatic carbocycles. The Balaban J connectivity index is 3.97. The molecule has 0 spiro atoms. The molecule has 0 rings (SSSR count). The molecule has 0 saturated carbocycles. The van der Waals surface area contributed by atoms with E-state index in [1.165, 1.54) is 0 Å². The summed E-state index contributed by atoms with van der Waals surface area (Å²) in [5, 5.41) is 9.45. The molecule has 0 saturated heterocycles. The molecular formula is C14H22O5. The number of aliphatic hydroxyl groups excluding tert-OH is 1. The molecule has 0 fully saturated rings. The van der Waals surface area contributed by atoms with Gasteiger partial charge in [-0.05, 0) is 39.8 Å². The van der Waals surface area contributed by atoms with Crippen molar-refractivity contribution in [1.29, 1.82) is 0 Å². The summed E-state index contributed by atoms with van der Waals surface area (Å²) in [4.78, 5) is 22.6. The van der Waals surface area contributed by atoms with Crippen molar-refractivity contribution < 1.29 is 24.2 Å². The van der Waals surface area contributed by atoms with Gasteiger partial charge < -0.3 is 14.6 Å². The average molecular weight is 270 g/mol. The van der Waals surface area contributed by atoms with Crippen LogP contribution in [-0.4, -0.2) is 36.4 Å². The topological polar surface area (TPSA) is 72.8 Å². The van der Waals surface area contributed by atoms with Crippen LogP contribution in [0.25, 0.3) is 0 Å². The van der Waals surface area contributed by atoms with Gasteiger partial charge in [0.15, 0.2) is 6.10 Å². The van der Waals surface area contributed by atoms with Crippen LogP contribution in [0.3, 0.4) is 0 Å². The molecule has 0 aromatic rings. The molecule has 5 nitrogen and oxygen atoms in total. The summed E-state index contributed by atoms with van der Waals surface area (Å²) >= 11 is 0. The lowest BCUT2D eigenvalue weighted by molar-refractivity contribution is -0.158. The van der Waals surface area contributed by atoms with Crippen molar-refractivity contribution >= 4 is 11.9 Å². The van der Waals surface area contributed by atoms with Crippen molar-refractivity contribution in [3.8, 4) is 0 Å². The average Bonchev–Trinajstić information content (AvgIpc) is 2.27. The van der Waals surface area contributed by atoms with Crippen LogP contribution in [-0.2, 0) is 19.1 Å². The van der Waals surface area contributed by atoms with E-state index in [9.17, 15) is 14.7 Å². The third-order valence-electron chi connectivity index (χ3n) is 2.09. The quantitative estimate of drug-likeness (QED) is 0.563. The number of carbonyl (C=O) groups is 2. The highest BCUT2D eigenvalue weighted by Crippen LogP contribution is 2.00. The zero-order chi connectivity index (χ0) is 14.8. The Morgan fingerprint density at radius 3 is 1.95 bits per heavy atom. The molecule has 108 valence electrons. The van der Waals surface area contributed by atoms with Crippen LogP contribution in [0.5, 0.6) is 0 Å². The fourth-order valence-corrected chi connectivity index (χ4v) is 0.988. The van der Waals surface area contributed by atoms with Gasteiger partial charge in [-0.1, -0.05) is 11.1 Å². The Kier molecular flexibility index (Phi) is 8.53. The Labute approximate surface area is 113 Å². The van der Waals surface area contributed by atoms with E-state index in [-0.39, 0.29) is 13.2 Å². The molecule has 1 N–H and O–H groups in total. The minimum Gasteiger partial charge on any atom is -0.461 e. The molecular weight excluding hydrogens is 248 g/mol. The zero-order valence-electron chi connectivity index (χ0n) is 11.9. The van der Waals surface area contributed by atoms with E-state index in [0.29, 0.717) is 0 Å². The van der Waals surface area contributed by atoms with Crippen molar-refractivity contribution in [3.05, 3.63) is 23.3 Å². The Morgan fingerprint density at radius 1 is 1.00 bits per heavy atom. The van der Waals surface area contributed by atoms with Crippen molar-refractivity contribution in [2.24, 2.45) is 0 Å². The number of carbonyl (C=O) groups excluding carboxylic acids is 2. The third kappa shape index (κ3) is 10.0. The molecule has 5 heteroatoms. The summed E-state index contributed by atoms with van der Waals surface area (Å²) in [6.45, 7) is 7.72. The zero-order valence-corrected chi connectivity index (χ0v) is 11.9. The van der Waals surface area contributed by atoms with E-state index >= 15 is 0 Å². The van der Waals surface area contributed by atoms with Crippen molar-refractivity contribution in [3.63, 3.8) is 0 Å². The maximum absolute atomic E-state index is 11.3. The van der Waals surface area contributed by atoms with E-state index in [1.807, 2.05) is 27.7 Å². The van der Waals surface area contributed by atoms with E-state index in [4.69, 9.17) is 9.47 Å². The first-order valence-electron chi connectivity index (χ1n) is 6.10. The number of aliphatic hydroxyl groups is 1. The van der Waals surface area contributed by atoms with Gasteiger partial charge in [0.1, 0.15) is 13.2 Å². The molecule has 1 unspecified atom stereocenters. The van der Waals surface area contributed by atoms with Crippen LogP contribution in [0.1, 0.15) is 34.1 Å². The van der Waals surface area contributed by atoms with Crippen LogP contribution in [0.15, 0.2) is 23.3 Å². The van der Waals surface area contributed by atoms with Gasteiger partial charge in [-0.3, -0.25) is 4.79 Å². The van der Waals surface area contributed by atoms with Gasteiger partial charge in [0.25, 0.3) is 0 Å². The number of hydrogen-bond acceptors (Lipinski definition) is 5. The lowest BCUT2D eigenvalue weighted by Gasteiger charge is -2.09. The van der Waals surface area contributed by atoms with Gasteiger partial charge in [-0.25, -0.2) is 4.79 Å². The maximum Gasteiger partial charge on any atom is 0.335 e. The molecule has 0 heterocycles. The van der Waals surface area contributed by atoms with Gasteiger partial charge in [0.2, 0.25) is 0 Å². The number of rotatable bonds is 7. The van der Waals surface area contributed by atoms with Crippen LogP contribution >= 0.6 is 0 Å². The first-order valence-corrected chi connectivity index (χ1v) is 6.10. The number of hydrogen-bond donors (Lipinski definition) is 1. The molecule has 1 atom stereocenters. The van der Waals surface area contributed by atoms with Crippen LogP contribution in [0.2, 0.25) is 0 Å². The molecule has 0 aliphatic rings. The normalized spacial score (nSPS) is 11.2. The largest absolute Gasteiger partial charge is 0.461 e. The Bertz CT molecular complexity index is 360. The van der Waals surface area contributed by atoms with E-state index in [0.717, 1.165) is 11.1 Å². The van der Waals surface area contributed by atoms with Gasteiger partial charge in [0, 0.05) is 0 Å². The molecule has 0 amide bonds. The minimum absolute atomic E-state index is 0.0883. The summed E-state index contributed by atoms with van der Waals surface area (Å²) < 4.78 is 9.59. The van der Waals surface area contributed by atoms with E-state index < -0.39 is 24.5 Å². The second-order valence-electron chi connectivity index (χ2n) is 4.60. The van der Waals surface area contributed by atoms with Crippen LogP contribution in [0.4, 0.5) is 0 Å². The highest BCUT2D eigenvalue weighted by atomic mass is 16.6. The SMILES string of the molecule is CC(C)=CCOC(=O)CC(O)C(=O)OCC=C(C)C. The molecule has 0 aliphatic heterocycles.